The van der Waals surface area contributed by atoms with Crippen LogP contribution in [0.1, 0.15) is 11.1 Å². The molecule has 0 heterocycles. The molecule has 0 fully saturated rings. The van der Waals surface area contributed by atoms with Crippen LogP contribution >= 0.6 is 0 Å². The fraction of sp³-hybridized carbons (Fsp3) is 0.0667. The summed E-state index contributed by atoms with van der Waals surface area (Å²) < 4.78 is 39.2. The van der Waals surface area contributed by atoms with Gasteiger partial charge in [-0.15, -0.1) is 0 Å². The third kappa shape index (κ3) is 4.06. The minimum atomic E-state index is -3.92. The first-order valence-electron chi connectivity index (χ1n) is 6.12. The molecule has 0 saturated carbocycles. The molecule has 4 nitrogen and oxygen atoms in total. The van der Waals surface area contributed by atoms with Gasteiger partial charge in [0.25, 0.3) is 10.0 Å². The number of benzene rings is 2. The van der Waals surface area contributed by atoms with Gasteiger partial charge in [-0.05, 0) is 30.7 Å². The highest BCUT2D eigenvalue weighted by Crippen LogP contribution is 2.27. The van der Waals surface area contributed by atoms with Gasteiger partial charge in [-0.25, -0.2) is 12.8 Å². The van der Waals surface area contributed by atoms with Crippen molar-refractivity contribution in [1.82, 2.24) is 0 Å². The topological polar surface area (TPSA) is 66.4 Å². The van der Waals surface area contributed by atoms with Gasteiger partial charge in [-0.3, -0.25) is 4.72 Å². The number of rotatable bonds is 4. The zero-order valence-corrected chi connectivity index (χ0v) is 12.1. The van der Waals surface area contributed by atoms with Crippen LogP contribution in [0.3, 0.4) is 0 Å². The summed E-state index contributed by atoms with van der Waals surface area (Å²) in [5.74, 6) is -1.32. The summed E-state index contributed by atoms with van der Waals surface area (Å²) in [5.41, 5.74) is 1.29. The molecule has 0 aromatic heterocycles. The molecule has 0 amide bonds. The summed E-state index contributed by atoms with van der Waals surface area (Å²) in [7, 11) is -3.92. The largest absolute Gasteiger partial charge is 0.506 e. The van der Waals surface area contributed by atoms with E-state index >= 15 is 0 Å². The zero-order valence-electron chi connectivity index (χ0n) is 11.2. The molecule has 0 aliphatic rings. The number of hydrogen-bond acceptors (Lipinski definition) is 3. The van der Waals surface area contributed by atoms with Crippen molar-refractivity contribution < 1.29 is 17.9 Å². The van der Waals surface area contributed by atoms with Crippen molar-refractivity contribution in [2.75, 3.05) is 4.72 Å². The maximum absolute atomic E-state index is 13.5. The standard InChI is InChI=1S/C15H14FNO3S/c1-11-5-7-12(8-6-11)9-10-21(19,20)17-15-13(16)3-2-4-14(15)18/h2-10,17-18H,1H3. The molecule has 2 rings (SSSR count). The van der Waals surface area contributed by atoms with Crippen molar-refractivity contribution >= 4 is 21.8 Å². The smallest absolute Gasteiger partial charge is 0.255 e. The molecule has 0 bridgehead atoms. The van der Waals surface area contributed by atoms with Crippen LogP contribution in [0, 0.1) is 12.7 Å². The Labute approximate surface area is 122 Å². The van der Waals surface area contributed by atoms with Crippen LogP contribution < -0.4 is 4.72 Å². The van der Waals surface area contributed by atoms with E-state index in [2.05, 4.69) is 0 Å². The normalized spacial score (nSPS) is 11.7. The predicted molar refractivity (Wildman–Crippen MR) is 80.8 cm³/mol. The molecule has 2 aromatic carbocycles. The van der Waals surface area contributed by atoms with Gasteiger partial charge in [0.1, 0.15) is 11.4 Å². The number of sulfonamides is 1. The second-order valence-electron chi connectivity index (χ2n) is 4.49. The molecule has 0 aliphatic heterocycles. The van der Waals surface area contributed by atoms with E-state index in [0.29, 0.717) is 5.56 Å². The minimum absolute atomic E-state index is 0.467. The van der Waals surface area contributed by atoms with E-state index < -0.39 is 27.3 Å². The fourth-order valence-corrected chi connectivity index (χ4v) is 2.53. The lowest BCUT2D eigenvalue weighted by molar-refractivity contribution is 0.472. The van der Waals surface area contributed by atoms with E-state index in [1.54, 1.807) is 12.1 Å². The molecule has 0 spiro atoms. The Kier molecular flexibility index (Phi) is 4.28. The van der Waals surface area contributed by atoms with Gasteiger partial charge in [0.15, 0.2) is 5.82 Å². The highest BCUT2D eigenvalue weighted by atomic mass is 32.2. The Balaban J connectivity index is 2.21. The van der Waals surface area contributed by atoms with Crippen LogP contribution in [0.4, 0.5) is 10.1 Å². The minimum Gasteiger partial charge on any atom is -0.506 e. The van der Waals surface area contributed by atoms with Crippen LogP contribution in [0.2, 0.25) is 0 Å². The Morgan fingerprint density at radius 3 is 2.43 bits per heavy atom. The van der Waals surface area contributed by atoms with Crippen molar-refractivity contribution in [2.45, 2.75) is 6.92 Å². The highest BCUT2D eigenvalue weighted by Gasteiger charge is 2.13. The van der Waals surface area contributed by atoms with Crippen molar-refractivity contribution in [2.24, 2.45) is 0 Å². The van der Waals surface area contributed by atoms with E-state index in [1.807, 2.05) is 23.8 Å². The van der Waals surface area contributed by atoms with E-state index in [0.717, 1.165) is 17.0 Å². The molecule has 6 heteroatoms. The Morgan fingerprint density at radius 1 is 1.14 bits per heavy atom. The van der Waals surface area contributed by atoms with E-state index in [-0.39, 0.29) is 0 Å². The van der Waals surface area contributed by atoms with Crippen LogP contribution in [0.15, 0.2) is 47.9 Å². The summed E-state index contributed by atoms with van der Waals surface area (Å²) in [5, 5.41) is 10.4. The Hall–Kier alpha value is -2.34. The molecule has 21 heavy (non-hydrogen) atoms. The van der Waals surface area contributed by atoms with E-state index in [9.17, 15) is 17.9 Å². The average molecular weight is 307 g/mol. The lowest BCUT2D eigenvalue weighted by atomic mass is 10.2. The molecule has 0 radical (unpaired) electrons. The van der Waals surface area contributed by atoms with Gasteiger partial charge in [0.2, 0.25) is 0 Å². The summed E-state index contributed by atoms with van der Waals surface area (Å²) >= 11 is 0. The zero-order chi connectivity index (χ0) is 15.5. The van der Waals surface area contributed by atoms with Crippen molar-refractivity contribution in [1.29, 1.82) is 0 Å². The number of phenolic OH excluding ortho intramolecular Hbond substituents is 1. The van der Waals surface area contributed by atoms with Crippen LogP contribution in [0.25, 0.3) is 6.08 Å². The number of para-hydroxylation sites is 1. The number of aromatic hydroxyl groups is 1. The van der Waals surface area contributed by atoms with E-state index in [4.69, 9.17) is 0 Å². The lowest BCUT2D eigenvalue weighted by Gasteiger charge is -2.07. The van der Waals surface area contributed by atoms with Crippen molar-refractivity contribution in [3.05, 3.63) is 64.8 Å². The Bertz CT molecular complexity index is 748. The molecule has 110 valence electrons. The second-order valence-corrected chi connectivity index (χ2v) is 6.06. The Morgan fingerprint density at radius 2 is 1.81 bits per heavy atom. The summed E-state index contributed by atoms with van der Waals surface area (Å²) in [6.07, 6.45) is 1.39. The van der Waals surface area contributed by atoms with Gasteiger partial charge in [0, 0.05) is 0 Å². The number of aryl methyl sites for hydroxylation is 1. The highest BCUT2D eigenvalue weighted by molar-refractivity contribution is 7.95. The summed E-state index contributed by atoms with van der Waals surface area (Å²) in [6, 6.07) is 10.8. The van der Waals surface area contributed by atoms with Crippen LogP contribution in [0.5, 0.6) is 5.75 Å². The van der Waals surface area contributed by atoms with Gasteiger partial charge >= 0.3 is 0 Å². The first kappa shape index (κ1) is 15.1. The third-order valence-electron chi connectivity index (χ3n) is 2.75. The van der Waals surface area contributed by atoms with Gasteiger partial charge < -0.3 is 5.11 Å². The molecule has 2 aromatic rings. The number of halogens is 1. The lowest BCUT2D eigenvalue weighted by Crippen LogP contribution is -2.10. The van der Waals surface area contributed by atoms with Gasteiger partial charge in [0.05, 0.1) is 5.41 Å². The van der Waals surface area contributed by atoms with E-state index in [1.165, 1.54) is 18.2 Å². The number of hydrogen-bond donors (Lipinski definition) is 2. The van der Waals surface area contributed by atoms with Crippen LogP contribution in [-0.4, -0.2) is 13.5 Å². The average Bonchev–Trinajstić information content (AvgIpc) is 2.43. The first-order valence-corrected chi connectivity index (χ1v) is 7.67. The molecule has 0 atom stereocenters. The second kappa shape index (κ2) is 5.97. The summed E-state index contributed by atoms with van der Waals surface area (Å²) in [4.78, 5) is 0. The van der Waals surface area contributed by atoms with Gasteiger partial charge in [-0.2, -0.15) is 0 Å². The van der Waals surface area contributed by atoms with Crippen molar-refractivity contribution in [3.8, 4) is 5.75 Å². The molecular formula is C15H14FNO3S. The SMILES string of the molecule is Cc1ccc(C=CS(=O)(=O)Nc2c(O)cccc2F)cc1. The molecule has 0 saturated heterocycles. The molecule has 0 aliphatic carbocycles. The monoisotopic (exact) mass is 307 g/mol. The molecular weight excluding hydrogens is 293 g/mol. The number of anilines is 1. The van der Waals surface area contributed by atoms with Crippen LogP contribution in [-0.2, 0) is 10.0 Å². The van der Waals surface area contributed by atoms with Crippen molar-refractivity contribution in [3.63, 3.8) is 0 Å². The number of phenols is 1. The molecule has 0 unspecified atom stereocenters. The third-order valence-corrected chi connectivity index (χ3v) is 3.74. The summed E-state index contributed by atoms with van der Waals surface area (Å²) in [6.45, 7) is 1.92. The predicted octanol–water partition coefficient (Wildman–Crippen LogP) is 3.25. The fourth-order valence-electron chi connectivity index (χ4n) is 1.64. The number of nitrogens with one attached hydrogen (secondary N) is 1. The quantitative estimate of drug-likeness (QED) is 0.852. The maximum Gasteiger partial charge on any atom is 0.255 e. The van der Waals surface area contributed by atoms with Gasteiger partial charge in [-0.1, -0.05) is 35.9 Å². The molecule has 2 N–H and O–H groups in total. The first-order chi connectivity index (χ1) is 9.87. The maximum atomic E-state index is 13.5.